The van der Waals surface area contributed by atoms with Crippen LogP contribution in [-0.2, 0) is 5.41 Å². The lowest BCUT2D eigenvalue weighted by Crippen LogP contribution is -2.28. The van der Waals surface area contributed by atoms with Gasteiger partial charge in [-0.25, -0.2) is 0 Å². The molecule has 5 heteroatoms. The summed E-state index contributed by atoms with van der Waals surface area (Å²) < 4.78 is 0. The molecule has 0 heterocycles. The van der Waals surface area contributed by atoms with E-state index in [-0.39, 0.29) is 11.1 Å². The van der Waals surface area contributed by atoms with Gasteiger partial charge in [0.2, 0.25) is 0 Å². The smallest absolute Gasteiger partial charge is 0.269 e. The predicted molar refractivity (Wildman–Crippen MR) is 60.2 cm³/mol. The highest BCUT2D eigenvalue weighted by molar-refractivity contribution is 6.31. The highest BCUT2D eigenvalue weighted by Gasteiger charge is 2.23. The molecule has 0 radical (unpaired) electrons. The average Bonchev–Trinajstić information content (AvgIpc) is 2.17. The number of hydrogen-bond acceptors (Lipinski definition) is 3. The van der Waals surface area contributed by atoms with Crippen molar-refractivity contribution in [2.45, 2.75) is 19.3 Å². The summed E-state index contributed by atoms with van der Waals surface area (Å²) in [5.74, 6) is 0. The Hall–Kier alpha value is -1.13. The first-order valence-electron chi connectivity index (χ1n) is 4.53. The van der Waals surface area contributed by atoms with E-state index in [0.717, 1.165) is 0 Å². The maximum Gasteiger partial charge on any atom is 0.269 e. The molecule has 4 nitrogen and oxygen atoms in total. The fourth-order valence-corrected chi connectivity index (χ4v) is 1.63. The molecule has 82 valence electrons. The molecule has 0 saturated carbocycles. The van der Waals surface area contributed by atoms with Crippen LogP contribution in [0.5, 0.6) is 0 Å². The van der Waals surface area contributed by atoms with Crippen molar-refractivity contribution >= 4 is 17.3 Å². The topological polar surface area (TPSA) is 69.2 Å². The largest absolute Gasteiger partial charge is 0.330 e. The van der Waals surface area contributed by atoms with Crippen LogP contribution in [0.2, 0.25) is 5.02 Å². The van der Waals surface area contributed by atoms with Gasteiger partial charge in [-0.1, -0.05) is 25.4 Å². The first-order valence-corrected chi connectivity index (χ1v) is 4.91. The minimum Gasteiger partial charge on any atom is -0.330 e. The van der Waals surface area contributed by atoms with Crippen LogP contribution in [0.3, 0.4) is 0 Å². The Bertz CT molecular complexity index is 391. The molecule has 1 rings (SSSR count). The molecule has 2 N–H and O–H groups in total. The number of benzene rings is 1. The standard InChI is InChI=1S/C10H13ClN2O2/c1-10(2,6-12)8-5-7(13(14)15)3-4-9(8)11/h3-5H,6,12H2,1-2H3. The summed E-state index contributed by atoms with van der Waals surface area (Å²) in [5.41, 5.74) is 5.99. The van der Waals surface area contributed by atoms with Gasteiger partial charge in [0.05, 0.1) is 4.92 Å². The van der Waals surface area contributed by atoms with Crippen LogP contribution in [-0.4, -0.2) is 11.5 Å². The van der Waals surface area contributed by atoms with E-state index in [1.165, 1.54) is 18.2 Å². The summed E-state index contributed by atoms with van der Waals surface area (Å²) in [6.45, 7) is 4.18. The highest BCUT2D eigenvalue weighted by atomic mass is 35.5. The van der Waals surface area contributed by atoms with Crippen molar-refractivity contribution in [3.63, 3.8) is 0 Å². The number of hydrogen-bond donors (Lipinski definition) is 1. The summed E-state index contributed by atoms with van der Waals surface area (Å²) in [7, 11) is 0. The minimum atomic E-state index is -0.438. The van der Waals surface area contributed by atoms with Crippen molar-refractivity contribution < 1.29 is 4.92 Å². The summed E-state index contributed by atoms with van der Waals surface area (Å²) in [6, 6.07) is 4.40. The van der Waals surface area contributed by atoms with Gasteiger partial charge in [-0.2, -0.15) is 0 Å². The molecule has 0 aliphatic carbocycles. The molecule has 0 aromatic heterocycles. The van der Waals surface area contributed by atoms with Crippen molar-refractivity contribution in [1.82, 2.24) is 0 Å². The number of nitro benzene ring substituents is 1. The third kappa shape index (κ3) is 2.46. The number of nitrogens with two attached hydrogens (primary N) is 1. The molecule has 0 saturated heterocycles. The molecule has 0 fully saturated rings. The molecular formula is C10H13ClN2O2. The van der Waals surface area contributed by atoms with Crippen LogP contribution >= 0.6 is 11.6 Å². The number of nitrogens with zero attached hydrogens (tertiary/aromatic N) is 1. The fraction of sp³-hybridized carbons (Fsp3) is 0.400. The molecule has 15 heavy (non-hydrogen) atoms. The maximum absolute atomic E-state index is 10.6. The third-order valence-electron chi connectivity index (χ3n) is 2.40. The Balaban J connectivity index is 3.28. The van der Waals surface area contributed by atoms with E-state index in [1.807, 2.05) is 13.8 Å². The zero-order valence-corrected chi connectivity index (χ0v) is 9.41. The van der Waals surface area contributed by atoms with Gasteiger partial charge < -0.3 is 5.73 Å². The highest BCUT2D eigenvalue weighted by Crippen LogP contribution is 2.31. The number of rotatable bonds is 3. The molecular weight excluding hydrogens is 216 g/mol. The van der Waals surface area contributed by atoms with E-state index in [1.54, 1.807) is 0 Å². The van der Waals surface area contributed by atoms with E-state index in [0.29, 0.717) is 17.1 Å². The number of nitro groups is 1. The predicted octanol–water partition coefficient (Wildman–Crippen LogP) is 2.48. The van der Waals surface area contributed by atoms with Gasteiger partial charge in [-0.05, 0) is 11.6 Å². The molecule has 1 aromatic carbocycles. The van der Waals surface area contributed by atoms with Crippen molar-refractivity contribution in [3.05, 3.63) is 38.9 Å². The van der Waals surface area contributed by atoms with E-state index in [4.69, 9.17) is 17.3 Å². The monoisotopic (exact) mass is 228 g/mol. The normalized spacial score (nSPS) is 11.5. The minimum absolute atomic E-state index is 0.0379. The molecule has 0 spiro atoms. The first kappa shape index (κ1) is 11.9. The van der Waals surface area contributed by atoms with E-state index < -0.39 is 4.92 Å². The number of non-ortho nitro benzene ring substituents is 1. The molecule has 1 aromatic rings. The molecule has 0 unspecified atom stereocenters. The van der Waals surface area contributed by atoms with E-state index in [9.17, 15) is 10.1 Å². The van der Waals surface area contributed by atoms with Gasteiger partial charge in [-0.15, -0.1) is 0 Å². The Labute approximate surface area is 93.2 Å². The van der Waals surface area contributed by atoms with Crippen molar-refractivity contribution in [2.24, 2.45) is 5.73 Å². The van der Waals surface area contributed by atoms with Crippen molar-refractivity contribution in [1.29, 1.82) is 0 Å². The Morgan fingerprint density at radius 1 is 1.53 bits per heavy atom. The van der Waals surface area contributed by atoms with Crippen LogP contribution < -0.4 is 5.73 Å². The second kappa shape index (κ2) is 4.16. The quantitative estimate of drug-likeness (QED) is 0.638. The van der Waals surface area contributed by atoms with Crippen molar-refractivity contribution in [3.8, 4) is 0 Å². The van der Waals surface area contributed by atoms with Gasteiger partial charge in [0.25, 0.3) is 5.69 Å². The molecule has 0 atom stereocenters. The first-order chi connectivity index (χ1) is 6.88. The van der Waals surface area contributed by atoms with Gasteiger partial charge in [0, 0.05) is 29.1 Å². The van der Waals surface area contributed by atoms with Crippen LogP contribution in [0, 0.1) is 10.1 Å². The zero-order valence-electron chi connectivity index (χ0n) is 8.66. The van der Waals surface area contributed by atoms with Gasteiger partial charge >= 0.3 is 0 Å². The van der Waals surface area contributed by atoms with Gasteiger partial charge in [0.15, 0.2) is 0 Å². The lowest BCUT2D eigenvalue weighted by molar-refractivity contribution is -0.385. The molecule has 0 amide bonds. The van der Waals surface area contributed by atoms with Crippen LogP contribution in [0.1, 0.15) is 19.4 Å². The van der Waals surface area contributed by atoms with Crippen LogP contribution in [0.15, 0.2) is 18.2 Å². The average molecular weight is 229 g/mol. The van der Waals surface area contributed by atoms with Gasteiger partial charge in [0.1, 0.15) is 0 Å². The van der Waals surface area contributed by atoms with Crippen molar-refractivity contribution in [2.75, 3.05) is 6.54 Å². The van der Waals surface area contributed by atoms with Crippen LogP contribution in [0.25, 0.3) is 0 Å². The Kier molecular flexibility index (Phi) is 3.31. The fourth-order valence-electron chi connectivity index (χ4n) is 1.26. The molecule has 0 bridgehead atoms. The summed E-state index contributed by atoms with van der Waals surface area (Å²) in [5, 5.41) is 11.1. The Morgan fingerprint density at radius 2 is 2.13 bits per heavy atom. The molecule has 0 aliphatic rings. The molecule has 0 aliphatic heterocycles. The second-order valence-corrected chi connectivity index (χ2v) is 4.42. The zero-order chi connectivity index (χ0) is 11.6. The SMILES string of the molecule is CC(C)(CN)c1cc([N+](=O)[O-])ccc1Cl. The summed E-state index contributed by atoms with van der Waals surface area (Å²) in [6.07, 6.45) is 0. The maximum atomic E-state index is 10.6. The lowest BCUT2D eigenvalue weighted by atomic mass is 9.84. The Morgan fingerprint density at radius 3 is 2.60 bits per heavy atom. The third-order valence-corrected chi connectivity index (χ3v) is 2.73. The number of halogens is 1. The van der Waals surface area contributed by atoms with E-state index in [2.05, 4.69) is 0 Å². The summed E-state index contributed by atoms with van der Waals surface area (Å²) >= 11 is 5.99. The summed E-state index contributed by atoms with van der Waals surface area (Å²) in [4.78, 5) is 10.2. The van der Waals surface area contributed by atoms with Crippen LogP contribution in [0.4, 0.5) is 5.69 Å². The lowest BCUT2D eigenvalue weighted by Gasteiger charge is -2.23. The second-order valence-electron chi connectivity index (χ2n) is 4.01. The van der Waals surface area contributed by atoms with E-state index >= 15 is 0 Å². The van der Waals surface area contributed by atoms with Gasteiger partial charge in [-0.3, -0.25) is 10.1 Å².